The van der Waals surface area contributed by atoms with Gasteiger partial charge in [-0.25, -0.2) is 4.79 Å². The molecule has 0 radical (unpaired) electrons. The van der Waals surface area contributed by atoms with Crippen molar-refractivity contribution >= 4 is 34.1 Å². The van der Waals surface area contributed by atoms with Crippen LogP contribution in [-0.4, -0.2) is 30.9 Å². The minimum Gasteiger partial charge on any atom is -0.465 e. The van der Waals surface area contributed by atoms with Crippen molar-refractivity contribution in [3.63, 3.8) is 0 Å². The van der Waals surface area contributed by atoms with Crippen molar-refractivity contribution in [2.45, 2.75) is 64.3 Å². The summed E-state index contributed by atoms with van der Waals surface area (Å²) in [5, 5.41) is 5.90. The van der Waals surface area contributed by atoms with Crippen LogP contribution in [0.2, 0.25) is 0 Å². The van der Waals surface area contributed by atoms with Gasteiger partial charge < -0.3 is 15.4 Å². The molecule has 26 heavy (non-hydrogen) atoms. The van der Waals surface area contributed by atoms with Gasteiger partial charge in [0.05, 0.1) is 12.7 Å². The van der Waals surface area contributed by atoms with E-state index in [4.69, 9.17) is 4.74 Å². The number of nitrogens with one attached hydrogen (secondary N) is 2. The van der Waals surface area contributed by atoms with Crippen LogP contribution in [0.4, 0.5) is 5.00 Å². The summed E-state index contributed by atoms with van der Waals surface area (Å²) >= 11 is 1.38. The highest BCUT2D eigenvalue weighted by Gasteiger charge is 2.29. The number of carbonyl (C=O) groups excluding carboxylic acids is 3. The zero-order valence-corrected chi connectivity index (χ0v) is 16.2. The molecule has 0 aliphatic heterocycles. The molecule has 1 fully saturated rings. The summed E-state index contributed by atoms with van der Waals surface area (Å²) in [4.78, 5) is 37.9. The molecule has 1 saturated carbocycles. The van der Waals surface area contributed by atoms with E-state index in [1.165, 1.54) is 18.4 Å². The molecular weight excluding hydrogens is 352 g/mol. The van der Waals surface area contributed by atoms with Crippen LogP contribution in [0.5, 0.6) is 0 Å². The molecule has 1 aromatic rings. The second kappa shape index (κ2) is 8.20. The number of fused-ring (bicyclic) bond motifs is 1. The van der Waals surface area contributed by atoms with E-state index in [1.54, 1.807) is 0 Å². The van der Waals surface area contributed by atoms with Crippen LogP contribution < -0.4 is 10.6 Å². The highest BCUT2D eigenvalue weighted by Crippen LogP contribution is 2.38. The van der Waals surface area contributed by atoms with Crippen LogP contribution in [-0.2, 0) is 27.2 Å². The van der Waals surface area contributed by atoms with Crippen molar-refractivity contribution in [2.24, 2.45) is 5.92 Å². The lowest BCUT2D eigenvalue weighted by Gasteiger charge is -2.26. The van der Waals surface area contributed by atoms with Gasteiger partial charge >= 0.3 is 17.8 Å². The van der Waals surface area contributed by atoms with E-state index in [0.29, 0.717) is 16.5 Å². The molecule has 2 N–H and O–H groups in total. The number of rotatable bonds is 3. The molecule has 0 unspecified atom stereocenters. The first-order valence-corrected chi connectivity index (χ1v) is 10.2. The highest BCUT2D eigenvalue weighted by molar-refractivity contribution is 7.17. The maximum absolute atomic E-state index is 12.4. The molecule has 0 bridgehead atoms. The number of ether oxygens (including phenoxy) is 1. The Morgan fingerprint density at radius 2 is 1.73 bits per heavy atom. The van der Waals surface area contributed by atoms with Gasteiger partial charge in [0.15, 0.2) is 0 Å². The number of aryl methyl sites for hydroxylation is 1. The van der Waals surface area contributed by atoms with Gasteiger partial charge in [0.2, 0.25) is 0 Å². The Morgan fingerprint density at radius 3 is 2.42 bits per heavy atom. The first kappa shape index (κ1) is 18.9. The van der Waals surface area contributed by atoms with Gasteiger partial charge in [-0.2, -0.15) is 0 Å². The lowest BCUT2D eigenvalue weighted by atomic mass is 9.87. The minimum atomic E-state index is -0.715. The molecule has 6 nitrogen and oxygen atoms in total. The van der Waals surface area contributed by atoms with Crippen LogP contribution in [0.15, 0.2) is 0 Å². The van der Waals surface area contributed by atoms with Gasteiger partial charge in [-0.05, 0) is 62.8 Å². The molecule has 0 aromatic carbocycles. The average molecular weight is 378 g/mol. The Balaban J connectivity index is 1.69. The zero-order valence-electron chi connectivity index (χ0n) is 15.4. The highest BCUT2D eigenvalue weighted by atomic mass is 32.1. The topological polar surface area (TPSA) is 84.5 Å². The number of amides is 2. The number of anilines is 1. The molecule has 142 valence electrons. The van der Waals surface area contributed by atoms with Gasteiger partial charge in [-0.3, -0.25) is 9.59 Å². The normalized spacial score (nSPS) is 22.2. The summed E-state index contributed by atoms with van der Waals surface area (Å²) in [5.41, 5.74) is 1.38. The van der Waals surface area contributed by atoms with E-state index in [9.17, 15) is 14.4 Å². The number of esters is 1. The third kappa shape index (κ3) is 4.09. The third-order valence-corrected chi connectivity index (χ3v) is 6.55. The van der Waals surface area contributed by atoms with Crippen molar-refractivity contribution in [1.82, 2.24) is 5.32 Å². The van der Waals surface area contributed by atoms with Crippen LogP contribution in [0.1, 0.15) is 66.2 Å². The lowest BCUT2D eigenvalue weighted by Crippen LogP contribution is -2.43. The number of methoxy groups -OCH3 is 1. The minimum absolute atomic E-state index is 0.0565. The van der Waals surface area contributed by atoms with E-state index in [0.717, 1.165) is 61.8 Å². The third-order valence-electron chi connectivity index (χ3n) is 5.35. The van der Waals surface area contributed by atoms with Crippen molar-refractivity contribution in [3.05, 3.63) is 16.0 Å². The van der Waals surface area contributed by atoms with E-state index in [2.05, 4.69) is 17.6 Å². The first-order chi connectivity index (χ1) is 12.5. The summed E-state index contributed by atoms with van der Waals surface area (Å²) < 4.78 is 4.89. The number of carbonyl (C=O) groups is 3. The predicted molar refractivity (Wildman–Crippen MR) is 100 cm³/mol. The van der Waals surface area contributed by atoms with Crippen LogP contribution >= 0.6 is 11.3 Å². The summed E-state index contributed by atoms with van der Waals surface area (Å²) in [6.07, 6.45) is 7.73. The summed E-state index contributed by atoms with van der Waals surface area (Å²) in [6.45, 7) is 2.21. The SMILES string of the molecule is COC(=O)c1c(NC(=O)C(=O)NC2CCC(C)CC2)sc2c1CCCC2. The van der Waals surface area contributed by atoms with Gasteiger partial charge in [-0.15, -0.1) is 11.3 Å². The zero-order chi connectivity index (χ0) is 18.7. The molecule has 1 aromatic heterocycles. The Bertz CT molecular complexity index is 705. The largest absolute Gasteiger partial charge is 0.465 e. The summed E-state index contributed by atoms with van der Waals surface area (Å²) in [6, 6.07) is 0.0565. The molecule has 2 aliphatic rings. The van der Waals surface area contributed by atoms with Crippen molar-refractivity contribution in [3.8, 4) is 0 Å². The maximum atomic E-state index is 12.4. The van der Waals surface area contributed by atoms with Gasteiger partial charge in [-0.1, -0.05) is 6.92 Å². The summed E-state index contributed by atoms with van der Waals surface area (Å²) in [5.74, 6) is -1.13. The van der Waals surface area contributed by atoms with Crippen LogP contribution in [0.3, 0.4) is 0 Å². The molecule has 3 rings (SSSR count). The molecular formula is C19H26N2O4S. The van der Waals surface area contributed by atoms with Gasteiger partial charge in [0, 0.05) is 10.9 Å². The molecule has 0 spiro atoms. The average Bonchev–Trinajstić information content (AvgIpc) is 3.00. The maximum Gasteiger partial charge on any atom is 0.341 e. The van der Waals surface area contributed by atoms with Gasteiger partial charge in [0.25, 0.3) is 0 Å². The Hall–Kier alpha value is -1.89. The fraction of sp³-hybridized carbons (Fsp3) is 0.632. The monoisotopic (exact) mass is 378 g/mol. The molecule has 2 aliphatic carbocycles. The second-order valence-electron chi connectivity index (χ2n) is 7.29. The molecule has 0 atom stereocenters. The fourth-order valence-electron chi connectivity index (χ4n) is 3.79. The molecule has 7 heteroatoms. The fourth-order valence-corrected chi connectivity index (χ4v) is 5.06. The van der Waals surface area contributed by atoms with E-state index in [1.807, 2.05) is 0 Å². The van der Waals surface area contributed by atoms with E-state index < -0.39 is 17.8 Å². The molecule has 0 saturated heterocycles. The lowest BCUT2D eigenvalue weighted by molar-refractivity contribution is -0.136. The first-order valence-electron chi connectivity index (χ1n) is 9.34. The number of hydrogen-bond donors (Lipinski definition) is 2. The Kier molecular flexibility index (Phi) is 5.96. The smallest absolute Gasteiger partial charge is 0.341 e. The van der Waals surface area contributed by atoms with Crippen molar-refractivity contribution in [1.29, 1.82) is 0 Å². The number of thiophene rings is 1. The second-order valence-corrected chi connectivity index (χ2v) is 8.40. The number of hydrogen-bond acceptors (Lipinski definition) is 5. The molecule has 1 heterocycles. The van der Waals surface area contributed by atoms with Crippen LogP contribution in [0.25, 0.3) is 0 Å². The van der Waals surface area contributed by atoms with E-state index >= 15 is 0 Å². The Labute approximate surface area is 157 Å². The van der Waals surface area contributed by atoms with Crippen LogP contribution in [0, 0.1) is 5.92 Å². The standard InChI is InChI=1S/C19H26N2O4S/c1-11-7-9-12(10-8-11)20-16(22)17(23)21-18-15(19(24)25-2)13-5-3-4-6-14(13)26-18/h11-12H,3-10H2,1-2H3,(H,20,22)(H,21,23). The van der Waals surface area contributed by atoms with Crippen molar-refractivity contribution < 1.29 is 19.1 Å². The quantitative estimate of drug-likeness (QED) is 0.625. The van der Waals surface area contributed by atoms with Crippen molar-refractivity contribution in [2.75, 3.05) is 12.4 Å². The predicted octanol–water partition coefficient (Wildman–Crippen LogP) is 3.05. The van der Waals surface area contributed by atoms with Gasteiger partial charge in [0.1, 0.15) is 5.00 Å². The summed E-state index contributed by atoms with van der Waals surface area (Å²) in [7, 11) is 1.33. The molecule has 2 amide bonds. The van der Waals surface area contributed by atoms with E-state index in [-0.39, 0.29) is 6.04 Å². The Morgan fingerprint density at radius 1 is 1.04 bits per heavy atom.